The topological polar surface area (TPSA) is 71.7 Å². The molecule has 2 heterocycles. The molecule has 4 bridgehead atoms. The van der Waals surface area contributed by atoms with Crippen molar-refractivity contribution in [3.8, 4) is 11.5 Å². The molecule has 1 aliphatic heterocycles. The number of halogens is 3. The van der Waals surface area contributed by atoms with E-state index in [-0.39, 0.29) is 29.4 Å². The number of benzene rings is 1. The molecule has 5 fully saturated rings. The van der Waals surface area contributed by atoms with Crippen LogP contribution < -0.4 is 0 Å². The van der Waals surface area contributed by atoms with E-state index in [9.17, 15) is 13.6 Å². The monoisotopic (exact) mass is 504 g/mol. The van der Waals surface area contributed by atoms with E-state index in [0.717, 1.165) is 37.0 Å². The Morgan fingerprint density at radius 1 is 1.08 bits per heavy atom. The van der Waals surface area contributed by atoms with Crippen molar-refractivity contribution in [1.82, 2.24) is 20.0 Å². The average Bonchev–Trinajstić information content (AvgIpc) is 3.35. The van der Waals surface area contributed by atoms with Gasteiger partial charge in [0.05, 0.1) is 19.8 Å². The van der Waals surface area contributed by atoms with E-state index in [1.807, 2.05) is 4.90 Å². The Morgan fingerprint density at radius 3 is 2.33 bits per heavy atom. The van der Waals surface area contributed by atoms with Crippen molar-refractivity contribution >= 4 is 6.03 Å². The summed E-state index contributed by atoms with van der Waals surface area (Å²) in [4.78, 5) is 17.3. The first-order valence-corrected chi connectivity index (χ1v) is 12.9. The van der Waals surface area contributed by atoms with Crippen LogP contribution in [0, 0.1) is 29.0 Å². The fourth-order valence-electron chi connectivity index (χ4n) is 7.49. The molecule has 5 aliphatic rings. The Labute approximate surface area is 208 Å². The first-order chi connectivity index (χ1) is 17.4. The van der Waals surface area contributed by atoms with Crippen LogP contribution in [-0.4, -0.2) is 58.9 Å². The number of ether oxygens (including phenoxy) is 1. The maximum atomic E-state index is 15.3. The fraction of sp³-hybridized carbons (Fsp3) is 0.654. The molecule has 194 valence electrons. The average molecular weight is 505 g/mol. The van der Waals surface area contributed by atoms with Crippen LogP contribution in [0.1, 0.15) is 56.4 Å². The summed E-state index contributed by atoms with van der Waals surface area (Å²) < 4.78 is 51.3. The lowest BCUT2D eigenvalue weighted by Crippen LogP contribution is -2.55. The molecule has 36 heavy (non-hydrogen) atoms. The zero-order valence-corrected chi connectivity index (χ0v) is 20.2. The van der Waals surface area contributed by atoms with E-state index >= 15 is 4.39 Å². The molecule has 7 nitrogen and oxygen atoms in total. The van der Waals surface area contributed by atoms with Gasteiger partial charge >= 0.3 is 12.5 Å². The lowest BCUT2D eigenvalue weighted by molar-refractivity contribution is -0.0672. The Hall–Kier alpha value is -2.62. The smallest absolute Gasteiger partial charge is 0.320 e. The molecular weight excluding hydrogens is 473 g/mol. The highest BCUT2D eigenvalue weighted by Crippen LogP contribution is 2.60. The lowest BCUT2D eigenvalue weighted by Gasteiger charge is -2.58. The summed E-state index contributed by atoms with van der Waals surface area (Å²) >= 11 is 0. The van der Waals surface area contributed by atoms with Gasteiger partial charge in [-0.05, 0) is 73.8 Å². The molecule has 0 N–H and O–H groups in total. The van der Waals surface area contributed by atoms with Crippen molar-refractivity contribution < 1.29 is 27.1 Å². The van der Waals surface area contributed by atoms with Crippen LogP contribution in [0.3, 0.4) is 0 Å². The molecule has 1 aromatic carbocycles. The van der Waals surface area contributed by atoms with Crippen LogP contribution in [0.15, 0.2) is 22.6 Å². The number of carbonyl (C=O) groups is 1. The lowest BCUT2D eigenvalue weighted by atomic mass is 9.49. The maximum absolute atomic E-state index is 15.3. The number of aromatic nitrogens is 2. The van der Waals surface area contributed by atoms with Gasteiger partial charge in [0.25, 0.3) is 5.89 Å². The first-order valence-electron chi connectivity index (χ1n) is 12.9. The highest BCUT2D eigenvalue weighted by atomic mass is 19.3. The van der Waals surface area contributed by atoms with Crippen LogP contribution in [0.5, 0.6) is 0 Å². The van der Waals surface area contributed by atoms with Crippen molar-refractivity contribution in [2.45, 2.75) is 51.5 Å². The number of nitrogens with zero attached hydrogens (tertiary/aromatic N) is 4. The summed E-state index contributed by atoms with van der Waals surface area (Å²) in [7, 11) is 0. The minimum absolute atomic E-state index is 0.0731. The van der Waals surface area contributed by atoms with Gasteiger partial charge in [0, 0.05) is 30.8 Å². The molecule has 0 radical (unpaired) electrons. The van der Waals surface area contributed by atoms with E-state index in [4.69, 9.17) is 9.15 Å². The molecule has 4 saturated carbocycles. The quantitative estimate of drug-likeness (QED) is 0.535. The van der Waals surface area contributed by atoms with Crippen molar-refractivity contribution in [3.63, 3.8) is 0 Å². The van der Waals surface area contributed by atoms with Crippen molar-refractivity contribution in [2.24, 2.45) is 23.2 Å². The third kappa shape index (κ3) is 4.60. The Kier molecular flexibility index (Phi) is 6.17. The number of hydrogen-bond donors (Lipinski definition) is 0. The molecule has 0 unspecified atom stereocenters. The van der Waals surface area contributed by atoms with E-state index in [0.29, 0.717) is 38.4 Å². The molecule has 1 aromatic heterocycles. The minimum atomic E-state index is -2.89. The number of amides is 2. The van der Waals surface area contributed by atoms with Crippen LogP contribution in [-0.2, 0) is 11.3 Å². The van der Waals surface area contributed by atoms with Gasteiger partial charge < -0.3 is 19.0 Å². The second kappa shape index (κ2) is 9.36. The second-order valence-corrected chi connectivity index (χ2v) is 11.2. The predicted molar refractivity (Wildman–Crippen MR) is 123 cm³/mol. The number of carbonyl (C=O) groups excluding carboxylic acids is 1. The summed E-state index contributed by atoms with van der Waals surface area (Å²) in [6.07, 6.45) is 4.51. The standard InChI is InChI=1S/C26H31F3N4O3/c27-21-10-19(23-30-31-24(36-23)22(28)29)1-2-20(21)14-33(25(34)32-3-5-35-6-4-32)15-26-11-16-7-17(12-26)9-18(8-16)13-26/h1-2,10,16-18,22H,3-9,11-15H2. The van der Waals surface area contributed by atoms with E-state index < -0.39 is 18.1 Å². The summed E-state index contributed by atoms with van der Waals surface area (Å²) in [6, 6.07) is 4.29. The molecule has 0 spiro atoms. The van der Waals surface area contributed by atoms with Crippen molar-refractivity contribution in [2.75, 3.05) is 32.8 Å². The van der Waals surface area contributed by atoms with Crippen LogP contribution in [0.25, 0.3) is 11.5 Å². The molecule has 7 rings (SSSR count). The summed E-state index contributed by atoms with van der Waals surface area (Å²) in [5.74, 6) is 0.757. The van der Waals surface area contributed by atoms with Gasteiger partial charge in [-0.25, -0.2) is 9.18 Å². The number of urea groups is 1. The van der Waals surface area contributed by atoms with Gasteiger partial charge in [0.15, 0.2) is 0 Å². The molecule has 2 amide bonds. The maximum Gasteiger partial charge on any atom is 0.320 e. The number of alkyl halides is 2. The number of hydrogen-bond acceptors (Lipinski definition) is 5. The Bertz CT molecular complexity index is 1080. The van der Waals surface area contributed by atoms with Crippen LogP contribution in [0.2, 0.25) is 0 Å². The third-order valence-corrected chi connectivity index (χ3v) is 8.53. The van der Waals surface area contributed by atoms with Gasteiger partial charge in [0.2, 0.25) is 5.89 Å². The van der Waals surface area contributed by atoms with Crippen molar-refractivity contribution in [1.29, 1.82) is 0 Å². The predicted octanol–water partition coefficient (Wildman–Crippen LogP) is 5.28. The number of morpholine rings is 1. The van der Waals surface area contributed by atoms with Gasteiger partial charge in [-0.3, -0.25) is 0 Å². The third-order valence-electron chi connectivity index (χ3n) is 8.53. The number of rotatable bonds is 6. The van der Waals surface area contributed by atoms with Gasteiger partial charge in [-0.15, -0.1) is 10.2 Å². The van der Waals surface area contributed by atoms with Crippen molar-refractivity contribution in [3.05, 3.63) is 35.5 Å². The summed E-state index contributed by atoms with van der Waals surface area (Å²) in [6.45, 7) is 2.85. The zero-order valence-electron chi connectivity index (χ0n) is 20.2. The second-order valence-electron chi connectivity index (χ2n) is 11.2. The minimum Gasteiger partial charge on any atom is -0.415 e. The molecule has 4 aliphatic carbocycles. The Balaban J connectivity index is 1.24. The first kappa shape index (κ1) is 23.8. The summed E-state index contributed by atoms with van der Waals surface area (Å²) in [5, 5.41) is 6.92. The fourth-order valence-corrected chi connectivity index (χ4v) is 7.49. The summed E-state index contributed by atoms with van der Waals surface area (Å²) in [5.41, 5.74) is 0.712. The van der Waals surface area contributed by atoms with E-state index in [1.165, 1.54) is 25.3 Å². The Morgan fingerprint density at radius 2 is 1.75 bits per heavy atom. The largest absolute Gasteiger partial charge is 0.415 e. The zero-order chi connectivity index (χ0) is 24.9. The molecule has 1 saturated heterocycles. The molecule has 2 aromatic rings. The van der Waals surface area contributed by atoms with E-state index in [2.05, 4.69) is 10.2 Å². The SMILES string of the molecule is O=C(N1CCOCC1)N(Cc1ccc(-c2nnc(C(F)F)o2)cc1F)CC12CC3CC(CC(C3)C1)C2. The molecular formula is C26H31F3N4O3. The van der Waals surface area contributed by atoms with Crippen LogP contribution >= 0.6 is 0 Å². The normalized spacial score (nSPS) is 29.2. The van der Waals surface area contributed by atoms with Gasteiger partial charge in [-0.2, -0.15) is 8.78 Å². The highest BCUT2D eigenvalue weighted by molar-refractivity contribution is 5.74. The van der Waals surface area contributed by atoms with Gasteiger partial charge in [-0.1, -0.05) is 6.07 Å². The highest BCUT2D eigenvalue weighted by Gasteiger charge is 2.52. The van der Waals surface area contributed by atoms with Crippen LogP contribution in [0.4, 0.5) is 18.0 Å². The molecule has 0 atom stereocenters. The molecule has 10 heteroatoms. The van der Waals surface area contributed by atoms with Gasteiger partial charge in [0.1, 0.15) is 5.82 Å². The van der Waals surface area contributed by atoms with E-state index in [1.54, 1.807) is 17.0 Å².